The Labute approximate surface area is 128 Å². The highest BCUT2D eigenvalue weighted by Crippen LogP contribution is 2.27. The molecule has 2 unspecified atom stereocenters. The molecule has 0 fully saturated rings. The molecule has 0 saturated heterocycles. The Hall–Kier alpha value is -1.26. The third-order valence-corrected chi connectivity index (χ3v) is 3.25. The van der Waals surface area contributed by atoms with Crippen LogP contribution >= 0.6 is 0 Å². The molecule has 1 aromatic carbocycles. The molecule has 1 rings (SSSR count). The molecule has 0 bridgehead atoms. The van der Waals surface area contributed by atoms with Gasteiger partial charge >= 0.3 is 0 Å². The van der Waals surface area contributed by atoms with Gasteiger partial charge in [0.1, 0.15) is 17.6 Å². The lowest BCUT2D eigenvalue weighted by Crippen LogP contribution is -2.23. The van der Waals surface area contributed by atoms with Crippen LogP contribution in [0.3, 0.4) is 0 Å². The number of methoxy groups -OCH3 is 1. The summed E-state index contributed by atoms with van der Waals surface area (Å²) in [5.74, 6) is 1.68. The van der Waals surface area contributed by atoms with Crippen LogP contribution in [0.1, 0.15) is 39.2 Å². The highest BCUT2D eigenvalue weighted by molar-refractivity contribution is 5.41. The fourth-order valence-electron chi connectivity index (χ4n) is 2.04. The molecule has 0 aliphatic heterocycles. The highest BCUT2D eigenvalue weighted by atomic mass is 16.5. The highest BCUT2D eigenvalue weighted by Gasteiger charge is 2.12. The van der Waals surface area contributed by atoms with Gasteiger partial charge < -0.3 is 19.9 Å². The Balaban J connectivity index is 2.88. The first-order valence-electron chi connectivity index (χ1n) is 7.77. The first kappa shape index (κ1) is 17.8. The average Bonchev–Trinajstić information content (AvgIpc) is 2.47. The molecule has 0 aromatic heterocycles. The topological polar surface area (TPSA) is 53.7 Å². The van der Waals surface area contributed by atoms with E-state index in [0.29, 0.717) is 13.2 Å². The predicted octanol–water partition coefficient (Wildman–Crippen LogP) is 3.17. The van der Waals surface area contributed by atoms with Crippen molar-refractivity contribution < 1.29 is 14.2 Å². The molecule has 1 aromatic rings. The minimum Gasteiger partial charge on any atom is -0.493 e. The van der Waals surface area contributed by atoms with Crippen LogP contribution in [-0.4, -0.2) is 32.5 Å². The first-order valence-corrected chi connectivity index (χ1v) is 7.77. The Bertz CT molecular complexity index is 409. The van der Waals surface area contributed by atoms with Gasteiger partial charge in [0.2, 0.25) is 0 Å². The van der Waals surface area contributed by atoms with E-state index in [1.165, 1.54) is 0 Å². The van der Waals surface area contributed by atoms with Crippen molar-refractivity contribution in [3.63, 3.8) is 0 Å². The van der Waals surface area contributed by atoms with Gasteiger partial charge in [-0.3, -0.25) is 0 Å². The summed E-state index contributed by atoms with van der Waals surface area (Å²) in [5, 5.41) is 0. The predicted molar refractivity (Wildman–Crippen MR) is 86.2 cm³/mol. The summed E-state index contributed by atoms with van der Waals surface area (Å²) >= 11 is 0. The zero-order valence-electron chi connectivity index (χ0n) is 13.7. The van der Waals surface area contributed by atoms with Crippen molar-refractivity contribution in [2.24, 2.45) is 5.73 Å². The minimum atomic E-state index is -0.00646. The Kier molecular flexibility index (Phi) is 8.16. The molecule has 0 radical (unpaired) electrons. The molecule has 2 atom stereocenters. The molecule has 0 aliphatic carbocycles. The largest absolute Gasteiger partial charge is 0.493 e. The van der Waals surface area contributed by atoms with Crippen molar-refractivity contribution in [1.82, 2.24) is 0 Å². The van der Waals surface area contributed by atoms with Crippen LogP contribution in [0.15, 0.2) is 18.2 Å². The van der Waals surface area contributed by atoms with Crippen LogP contribution in [0.4, 0.5) is 0 Å². The maximum atomic E-state index is 6.07. The number of nitrogens with two attached hydrogens (primary N) is 1. The maximum absolute atomic E-state index is 6.07. The molecule has 0 amide bonds. The van der Waals surface area contributed by atoms with E-state index >= 15 is 0 Å². The van der Waals surface area contributed by atoms with Gasteiger partial charge in [-0.15, -0.1) is 0 Å². The fourth-order valence-corrected chi connectivity index (χ4v) is 2.04. The first-order chi connectivity index (χ1) is 10.1. The summed E-state index contributed by atoms with van der Waals surface area (Å²) in [6, 6.07) is 6.14. The lowest BCUT2D eigenvalue weighted by molar-refractivity contribution is 0.0911. The molecule has 0 heterocycles. The van der Waals surface area contributed by atoms with Gasteiger partial charge in [0, 0.05) is 19.2 Å². The van der Waals surface area contributed by atoms with E-state index in [2.05, 4.69) is 19.9 Å². The van der Waals surface area contributed by atoms with Crippen molar-refractivity contribution in [2.45, 2.75) is 52.2 Å². The second-order valence-electron chi connectivity index (χ2n) is 5.37. The second-order valence-corrected chi connectivity index (χ2v) is 5.37. The molecule has 0 spiro atoms. The number of hydrogen-bond donors (Lipinski definition) is 1. The van der Waals surface area contributed by atoms with Gasteiger partial charge in [-0.05, 0) is 37.8 Å². The normalized spacial score (nSPS) is 13.8. The average molecular weight is 295 g/mol. The van der Waals surface area contributed by atoms with Gasteiger partial charge in [-0.1, -0.05) is 19.9 Å². The summed E-state index contributed by atoms with van der Waals surface area (Å²) < 4.78 is 16.8. The van der Waals surface area contributed by atoms with Gasteiger partial charge in [-0.25, -0.2) is 0 Å². The van der Waals surface area contributed by atoms with E-state index in [0.717, 1.165) is 36.3 Å². The minimum absolute atomic E-state index is 0.00646. The number of ether oxygens (including phenoxy) is 3. The van der Waals surface area contributed by atoms with Crippen molar-refractivity contribution in [3.05, 3.63) is 23.8 Å². The van der Waals surface area contributed by atoms with E-state index in [9.17, 15) is 0 Å². The van der Waals surface area contributed by atoms with E-state index in [-0.39, 0.29) is 12.1 Å². The lowest BCUT2D eigenvalue weighted by atomic mass is 10.0. The fraction of sp³-hybridized carbons (Fsp3) is 0.647. The number of benzene rings is 1. The van der Waals surface area contributed by atoms with Crippen molar-refractivity contribution in [1.29, 1.82) is 0 Å². The number of rotatable bonds is 10. The van der Waals surface area contributed by atoms with Crippen LogP contribution in [0, 0.1) is 0 Å². The summed E-state index contributed by atoms with van der Waals surface area (Å²) in [6.45, 7) is 7.44. The summed E-state index contributed by atoms with van der Waals surface area (Å²) in [5.41, 5.74) is 7.19. The zero-order chi connectivity index (χ0) is 15.7. The summed E-state index contributed by atoms with van der Waals surface area (Å²) in [4.78, 5) is 0. The third-order valence-electron chi connectivity index (χ3n) is 3.25. The molecule has 21 heavy (non-hydrogen) atoms. The third kappa shape index (κ3) is 6.36. The molecule has 0 saturated carbocycles. The molecule has 0 aliphatic rings. The quantitative estimate of drug-likeness (QED) is 0.720. The van der Waals surface area contributed by atoms with Crippen molar-refractivity contribution in [2.75, 3.05) is 20.3 Å². The molecule has 120 valence electrons. The molecule has 4 heteroatoms. The smallest absolute Gasteiger partial charge is 0.126 e. The molecule has 4 nitrogen and oxygen atoms in total. The SMILES string of the molecule is CCCOc1ccc(CC(N)CC)c(OC(C)COC)c1. The van der Waals surface area contributed by atoms with Crippen LogP contribution in [0.2, 0.25) is 0 Å². The Morgan fingerprint density at radius 1 is 1.24 bits per heavy atom. The summed E-state index contributed by atoms with van der Waals surface area (Å²) in [6.07, 6.45) is 2.73. The summed E-state index contributed by atoms with van der Waals surface area (Å²) in [7, 11) is 1.68. The van der Waals surface area contributed by atoms with Gasteiger partial charge in [-0.2, -0.15) is 0 Å². The second kappa shape index (κ2) is 9.64. The van der Waals surface area contributed by atoms with Crippen molar-refractivity contribution >= 4 is 0 Å². The van der Waals surface area contributed by atoms with Crippen LogP contribution < -0.4 is 15.2 Å². The molecular formula is C17H29NO3. The van der Waals surface area contributed by atoms with E-state index < -0.39 is 0 Å². The zero-order valence-corrected chi connectivity index (χ0v) is 13.7. The van der Waals surface area contributed by atoms with Crippen molar-refractivity contribution in [3.8, 4) is 11.5 Å². The van der Waals surface area contributed by atoms with E-state index in [1.807, 2.05) is 19.1 Å². The molecular weight excluding hydrogens is 266 g/mol. The van der Waals surface area contributed by atoms with Crippen LogP contribution in [-0.2, 0) is 11.2 Å². The standard InChI is InChI=1S/C17H29NO3/c1-5-9-20-16-8-7-14(10-15(18)6-2)17(11-16)21-13(3)12-19-4/h7-8,11,13,15H,5-6,9-10,12,18H2,1-4H3. The lowest BCUT2D eigenvalue weighted by Gasteiger charge is -2.19. The van der Waals surface area contributed by atoms with Gasteiger partial charge in [0.05, 0.1) is 13.2 Å². The number of hydrogen-bond acceptors (Lipinski definition) is 4. The van der Waals surface area contributed by atoms with E-state index in [1.54, 1.807) is 7.11 Å². The van der Waals surface area contributed by atoms with Crippen LogP contribution in [0.25, 0.3) is 0 Å². The van der Waals surface area contributed by atoms with E-state index in [4.69, 9.17) is 19.9 Å². The Morgan fingerprint density at radius 3 is 2.62 bits per heavy atom. The Morgan fingerprint density at radius 2 is 2.00 bits per heavy atom. The molecule has 2 N–H and O–H groups in total. The van der Waals surface area contributed by atoms with Gasteiger partial charge in [0.25, 0.3) is 0 Å². The van der Waals surface area contributed by atoms with Crippen LogP contribution in [0.5, 0.6) is 11.5 Å². The monoisotopic (exact) mass is 295 g/mol. The maximum Gasteiger partial charge on any atom is 0.126 e. The van der Waals surface area contributed by atoms with Gasteiger partial charge in [0.15, 0.2) is 0 Å².